The van der Waals surface area contributed by atoms with Crippen LogP contribution in [0, 0.1) is 12.7 Å². The van der Waals surface area contributed by atoms with E-state index in [0.29, 0.717) is 11.3 Å². The lowest BCUT2D eigenvalue weighted by atomic mass is 10.2. The van der Waals surface area contributed by atoms with Crippen LogP contribution in [0.4, 0.5) is 10.1 Å². The molecule has 2 rings (SSSR count). The van der Waals surface area contributed by atoms with Crippen LogP contribution in [-0.4, -0.2) is 8.42 Å². The lowest BCUT2D eigenvalue weighted by Crippen LogP contribution is -2.14. The maximum atomic E-state index is 13.2. The minimum Gasteiger partial charge on any atom is -0.455 e. The first kappa shape index (κ1) is 14.3. The van der Waals surface area contributed by atoms with Crippen molar-refractivity contribution in [2.45, 2.75) is 11.8 Å². The van der Waals surface area contributed by atoms with Gasteiger partial charge in [-0.3, -0.25) is 0 Å². The molecule has 0 saturated carbocycles. The Balaban J connectivity index is 2.42. The van der Waals surface area contributed by atoms with E-state index in [1.165, 1.54) is 36.4 Å². The molecule has 0 amide bonds. The summed E-state index contributed by atoms with van der Waals surface area (Å²) in [7, 11) is -3.93. The average Bonchev–Trinajstić information content (AvgIpc) is 2.35. The molecule has 0 aliphatic carbocycles. The second kappa shape index (κ2) is 5.10. The van der Waals surface area contributed by atoms with Crippen molar-refractivity contribution in [3.8, 4) is 11.5 Å². The summed E-state index contributed by atoms with van der Waals surface area (Å²) in [6, 6.07) is 8.41. The number of ether oxygens (including phenoxy) is 1. The molecular formula is C13H13FN2O3S. The van der Waals surface area contributed by atoms with Crippen LogP contribution in [-0.2, 0) is 10.0 Å². The van der Waals surface area contributed by atoms with Gasteiger partial charge in [0.2, 0.25) is 10.0 Å². The first-order valence-corrected chi connectivity index (χ1v) is 7.19. The summed E-state index contributed by atoms with van der Waals surface area (Å²) in [5.41, 5.74) is 6.05. The molecule has 0 spiro atoms. The number of nitrogens with two attached hydrogens (primary N) is 2. The SMILES string of the molecule is Cc1cc(Oc2cccc(S(N)(=O)=O)c2N)ccc1F. The highest BCUT2D eigenvalue weighted by atomic mass is 32.2. The molecule has 0 aliphatic heterocycles. The predicted octanol–water partition coefficient (Wildman–Crippen LogP) is 2.16. The van der Waals surface area contributed by atoms with Gasteiger partial charge < -0.3 is 10.5 Å². The summed E-state index contributed by atoms with van der Waals surface area (Å²) in [4.78, 5) is -0.214. The van der Waals surface area contributed by atoms with Crippen LogP contribution in [0.25, 0.3) is 0 Å². The third-order valence-corrected chi connectivity index (χ3v) is 3.66. The minimum atomic E-state index is -3.93. The second-order valence-corrected chi connectivity index (χ2v) is 5.76. The second-order valence-electron chi connectivity index (χ2n) is 4.23. The van der Waals surface area contributed by atoms with Gasteiger partial charge in [0.15, 0.2) is 5.75 Å². The highest BCUT2D eigenvalue weighted by molar-refractivity contribution is 7.89. The zero-order chi connectivity index (χ0) is 14.9. The van der Waals surface area contributed by atoms with E-state index in [0.717, 1.165) is 0 Å². The monoisotopic (exact) mass is 296 g/mol. The molecule has 106 valence electrons. The molecule has 2 aromatic rings. The van der Waals surface area contributed by atoms with Gasteiger partial charge in [0.25, 0.3) is 0 Å². The maximum absolute atomic E-state index is 13.2. The number of benzene rings is 2. The molecule has 0 heterocycles. The predicted molar refractivity (Wildman–Crippen MR) is 73.4 cm³/mol. The highest BCUT2D eigenvalue weighted by Crippen LogP contribution is 2.32. The van der Waals surface area contributed by atoms with Crippen molar-refractivity contribution < 1.29 is 17.5 Å². The Bertz CT molecular complexity index is 760. The summed E-state index contributed by atoms with van der Waals surface area (Å²) in [6.45, 7) is 1.59. The Hall–Kier alpha value is -2.12. The fraction of sp³-hybridized carbons (Fsp3) is 0.0769. The largest absolute Gasteiger partial charge is 0.455 e. The van der Waals surface area contributed by atoms with Gasteiger partial charge in [0.1, 0.15) is 16.5 Å². The van der Waals surface area contributed by atoms with Crippen molar-refractivity contribution in [2.75, 3.05) is 5.73 Å². The van der Waals surface area contributed by atoms with Gasteiger partial charge in [-0.2, -0.15) is 0 Å². The van der Waals surface area contributed by atoms with Crippen LogP contribution >= 0.6 is 0 Å². The maximum Gasteiger partial charge on any atom is 0.240 e. The third kappa shape index (κ3) is 2.89. The number of hydrogen-bond acceptors (Lipinski definition) is 4. The fourth-order valence-electron chi connectivity index (χ4n) is 1.67. The smallest absolute Gasteiger partial charge is 0.240 e. The van der Waals surface area contributed by atoms with Crippen molar-refractivity contribution in [1.82, 2.24) is 0 Å². The molecule has 0 unspecified atom stereocenters. The normalized spacial score (nSPS) is 11.3. The van der Waals surface area contributed by atoms with E-state index in [1.54, 1.807) is 6.92 Å². The van der Waals surface area contributed by atoms with Crippen molar-refractivity contribution in [1.29, 1.82) is 0 Å². The van der Waals surface area contributed by atoms with Gasteiger partial charge in [-0.25, -0.2) is 17.9 Å². The molecule has 0 radical (unpaired) electrons. The third-order valence-electron chi connectivity index (χ3n) is 2.69. The van der Waals surface area contributed by atoms with Gasteiger partial charge >= 0.3 is 0 Å². The lowest BCUT2D eigenvalue weighted by molar-refractivity contribution is 0.480. The van der Waals surface area contributed by atoms with Gasteiger partial charge in [-0.05, 0) is 42.8 Å². The Morgan fingerprint density at radius 1 is 1.20 bits per heavy atom. The van der Waals surface area contributed by atoms with E-state index < -0.39 is 10.0 Å². The van der Waals surface area contributed by atoms with E-state index in [4.69, 9.17) is 15.6 Å². The fourth-order valence-corrected chi connectivity index (χ4v) is 2.34. The number of aryl methyl sites for hydroxylation is 1. The molecular weight excluding hydrogens is 283 g/mol. The molecule has 0 atom stereocenters. The van der Waals surface area contributed by atoms with Gasteiger partial charge in [-0.15, -0.1) is 0 Å². The number of para-hydroxylation sites is 1. The van der Waals surface area contributed by atoms with Crippen LogP contribution in [0.5, 0.6) is 11.5 Å². The zero-order valence-electron chi connectivity index (χ0n) is 10.6. The average molecular weight is 296 g/mol. The molecule has 7 heteroatoms. The summed E-state index contributed by atoms with van der Waals surface area (Å²) in [5, 5.41) is 5.05. The number of hydrogen-bond donors (Lipinski definition) is 2. The zero-order valence-corrected chi connectivity index (χ0v) is 11.4. The van der Waals surface area contributed by atoms with Crippen LogP contribution in [0.2, 0.25) is 0 Å². The number of primary sulfonamides is 1. The number of sulfonamides is 1. The molecule has 0 fully saturated rings. The molecule has 5 nitrogen and oxygen atoms in total. The summed E-state index contributed by atoms with van der Waals surface area (Å²) in [5.74, 6) is 0.133. The van der Waals surface area contributed by atoms with E-state index in [9.17, 15) is 12.8 Å². The van der Waals surface area contributed by atoms with E-state index in [-0.39, 0.29) is 22.1 Å². The molecule has 2 aromatic carbocycles. The van der Waals surface area contributed by atoms with Crippen molar-refractivity contribution in [3.05, 3.63) is 47.8 Å². The quantitative estimate of drug-likeness (QED) is 0.848. The Labute approximate surface area is 116 Å². The highest BCUT2D eigenvalue weighted by Gasteiger charge is 2.16. The van der Waals surface area contributed by atoms with Gasteiger partial charge in [0.05, 0.1) is 5.69 Å². The van der Waals surface area contributed by atoms with Gasteiger partial charge in [-0.1, -0.05) is 6.07 Å². The van der Waals surface area contributed by atoms with Crippen LogP contribution in [0.1, 0.15) is 5.56 Å². The summed E-state index contributed by atoms with van der Waals surface area (Å²) in [6.07, 6.45) is 0. The summed E-state index contributed by atoms with van der Waals surface area (Å²) >= 11 is 0. The molecule has 20 heavy (non-hydrogen) atoms. The van der Waals surface area contributed by atoms with Crippen LogP contribution in [0.15, 0.2) is 41.3 Å². The topological polar surface area (TPSA) is 95.4 Å². The number of anilines is 1. The molecule has 4 N–H and O–H groups in total. The Morgan fingerprint density at radius 2 is 1.90 bits per heavy atom. The number of nitrogen functional groups attached to an aromatic ring is 1. The molecule has 0 saturated heterocycles. The lowest BCUT2D eigenvalue weighted by Gasteiger charge is -2.11. The van der Waals surface area contributed by atoms with E-state index >= 15 is 0 Å². The first-order chi connectivity index (χ1) is 9.29. The molecule has 0 aromatic heterocycles. The summed E-state index contributed by atoms with van der Waals surface area (Å²) < 4.78 is 41.3. The van der Waals surface area contributed by atoms with Gasteiger partial charge in [0, 0.05) is 0 Å². The minimum absolute atomic E-state index is 0.0861. The van der Waals surface area contributed by atoms with Crippen molar-refractivity contribution in [2.24, 2.45) is 5.14 Å². The van der Waals surface area contributed by atoms with Crippen molar-refractivity contribution >= 4 is 15.7 Å². The molecule has 0 bridgehead atoms. The Morgan fingerprint density at radius 3 is 2.50 bits per heavy atom. The van der Waals surface area contributed by atoms with Crippen LogP contribution < -0.4 is 15.6 Å². The Kier molecular flexibility index (Phi) is 3.65. The standard InChI is InChI=1S/C13H13FN2O3S/c1-8-7-9(5-6-10(8)14)19-11-3-2-4-12(13(11)15)20(16,17)18/h2-7H,15H2,1H3,(H2,16,17,18). The number of rotatable bonds is 3. The first-order valence-electron chi connectivity index (χ1n) is 5.64. The number of halogens is 1. The van der Waals surface area contributed by atoms with Crippen LogP contribution in [0.3, 0.4) is 0 Å². The van der Waals surface area contributed by atoms with Crippen molar-refractivity contribution in [3.63, 3.8) is 0 Å². The van der Waals surface area contributed by atoms with E-state index in [1.807, 2.05) is 0 Å². The molecule has 0 aliphatic rings. The van der Waals surface area contributed by atoms with E-state index in [2.05, 4.69) is 0 Å².